The van der Waals surface area contributed by atoms with Crippen molar-refractivity contribution in [3.05, 3.63) is 158 Å². The van der Waals surface area contributed by atoms with Gasteiger partial charge in [0.2, 0.25) is 0 Å². The Labute approximate surface area is 435 Å². The van der Waals surface area contributed by atoms with Gasteiger partial charge >= 0.3 is 17.9 Å². The molecule has 0 aromatic heterocycles. The molecule has 0 amide bonds. The van der Waals surface area contributed by atoms with E-state index < -0.39 is 6.10 Å². The quantitative estimate of drug-likeness (QED) is 0.0262. The minimum atomic E-state index is -0.811. The van der Waals surface area contributed by atoms with Gasteiger partial charge in [-0.3, -0.25) is 14.4 Å². The molecule has 1 atom stereocenters. The average molecular weight is 978 g/mol. The number of carbonyl (C=O) groups is 3. The molecule has 0 aliphatic rings. The number of ether oxygens (including phenoxy) is 3. The van der Waals surface area contributed by atoms with Crippen LogP contribution in [0.25, 0.3) is 0 Å². The van der Waals surface area contributed by atoms with Gasteiger partial charge in [0, 0.05) is 19.3 Å². The second kappa shape index (κ2) is 57.6. The lowest BCUT2D eigenvalue weighted by molar-refractivity contribution is -0.167. The highest BCUT2D eigenvalue weighted by Crippen LogP contribution is 2.12. The summed E-state index contributed by atoms with van der Waals surface area (Å²) in [6.45, 7) is 6.25. The van der Waals surface area contributed by atoms with E-state index in [2.05, 4.69) is 179 Å². The van der Waals surface area contributed by atoms with Crippen molar-refractivity contribution >= 4 is 17.9 Å². The summed E-state index contributed by atoms with van der Waals surface area (Å²) in [5.41, 5.74) is 0. The van der Waals surface area contributed by atoms with Crippen molar-refractivity contribution in [3.63, 3.8) is 0 Å². The lowest BCUT2D eigenvalue weighted by atomic mass is 10.1. The minimum absolute atomic E-state index is 0.108. The lowest BCUT2D eigenvalue weighted by Gasteiger charge is -2.18. The molecular weight excluding hydrogens is 877 g/mol. The molecule has 0 rings (SSSR count). The summed E-state index contributed by atoms with van der Waals surface area (Å²) in [4.78, 5) is 37.8. The van der Waals surface area contributed by atoms with E-state index in [0.717, 1.165) is 167 Å². The van der Waals surface area contributed by atoms with Crippen LogP contribution < -0.4 is 0 Å². The van der Waals surface area contributed by atoms with Crippen LogP contribution >= 0.6 is 0 Å². The van der Waals surface area contributed by atoms with Crippen molar-refractivity contribution in [2.75, 3.05) is 13.2 Å². The lowest BCUT2D eigenvalue weighted by Crippen LogP contribution is -2.30. The minimum Gasteiger partial charge on any atom is -0.462 e. The van der Waals surface area contributed by atoms with E-state index in [0.29, 0.717) is 19.3 Å². The van der Waals surface area contributed by atoms with Gasteiger partial charge in [0.15, 0.2) is 6.10 Å². The van der Waals surface area contributed by atoms with E-state index in [1.165, 1.54) is 0 Å². The number of hydrogen-bond acceptors (Lipinski definition) is 6. The highest BCUT2D eigenvalue weighted by Gasteiger charge is 2.19. The van der Waals surface area contributed by atoms with Gasteiger partial charge in [0.1, 0.15) is 13.2 Å². The molecule has 6 nitrogen and oxygen atoms in total. The van der Waals surface area contributed by atoms with E-state index >= 15 is 0 Å². The van der Waals surface area contributed by atoms with E-state index in [-0.39, 0.29) is 37.5 Å². The summed E-state index contributed by atoms with van der Waals surface area (Å²) in [5, 5.41) is 0. The Hall–Kier alpha value is -4.97. The van der Waals surface area contributed by atoms with E-state index in [9.17, 15) is 14.4 Å². The van der Waals surface area contributed by atoms with Crippen LogP contribution in [0.15, 0.2) is 158 Å². The Morgan fingerprint density at radius 1 is 0.296 bits per heavy atom. The molecule has 0 N–H and O–H groups in total. The number of rotatable bonds is 48. The monoisotopic (exact) mass is 977 g/mol. The van der Waals surface area contributed by atoms with E-state index in [1.807, 2.05) is 0 Å². The molecule has 1 unspecified atom stereocenters. The first-order chi connectivity index (χ1) is 35.0. The predicted molar refractivity (Wildman–Crippen MR) is 306 cm³/mol. The van der Waals surface area contributed by atoms with Crippen LogP contribution in [0.5, 0.6) is 0 Å². The molecule has 0 spiro atoms. The first kappa shape index (κ1) is 66.0. The van der Waals surface area contributed by atoms with Crippen molar-refractivity contribution in [3.8, 4) is 0 Å². The van der Waals surface area contributed by atoms with E-state index in [4.69, 9.17) is 14.2 Å². The number of allylic oxidation sites excluding steroid dienone is 26. The first-order valence-electron chi connectivity index (χ1n) is 28.0. The first-order valence-corrected chi connectivity index (χ1v) is 28.0. The van der Waals surface area contributed by atoms with Crippen molar-refractivity contribution in [1.82, 2.24) is 0 Å². The molecule has 0 heterocycles. The summed E-state index contributed by atoms with van der Waals surface area (Å²) >= 11 is 0. The van der Waals surface area contributed by atoms with Gasteiger partial charge in [-0.15, -0.1) is 0 Å². The fourth-order valence-electron chi connectivity index (χ4n) is 6.89. The van der Waals surface area contributed by atoms with Gasteiger partial charge in [0.25, 0.3) is 0 Å². The van der Waals surface area contributed by atoms with Crippen LogP contribution in [0.3, 0.4) is 0 Å². The molecule has 396 valence electrons. The average Bonchev–Trinajstić information content (AvgIpc) is 3.37. The molecule has 0 aromatic carbocycles. The van der Waals surface area contributed by atoms with Gasteiger partial charge in [-0.2, -0.15) is 0 Å². The highest BCUT2D eigenvalue weighted by molar-refractivity contribution is 5.71. The van der Waals surface area contributed by atoms with Crippen molar-refractivity contribution in [2.45, 2.75) is 219 Å². The highest BCUT2D eigenvalue weighted by atomic mass is 16.6. The van der Waals surface area contributed by atoms with Gasteiger partial charge in [0.05, 0.1) is 0 Å². The summed E-state index contributed by atoms with van der Waals surface area (Å²) in [6, 6.07) is 0. The topological polar surface area (TPSA) is 78.9 Å². The Balaban J connectivity index is 4.29. The van der Waals surface area contributed by atoms with Gasteiger partial charge in [-0.25, -0.2) is 0 Å². The molecule has 0 saturated carbocycles. The Morgan fingerprint density at radius 3 is 0.887 bits per heavy atom. The standard InChI is InChI=1S/C65H100O6/c1-4-7-10-13-15-17-19-21-23-25-27-29-30-31-32-33-34-36-37-39-41-43-45-47-49-52-55-58-64(67)70-61-62(60-69-63(66)57-54-51-12-9-6-3)71-65(68)59-56-53-50-48-46-44-42-40-38-35-28-26-24-22-20-18-16-14-11-8-5-2/h7-8,10-11,15-18,21-24,27-29,31-32,34-36,39-42,45,47,62H,4-6,9,12-14,19-20,25-26,30,33,37-38,43-44,46,48-61H2,1-3H3/b10-7-,11-8-,17-15-,18-16-,23-21-,24-22-,29-27-,32-31-,35-28-,36-34-,41-39-,42-40-,47-45-. The second-order valence-corrected chi connectivity index (χ2v) is 17.7. The summed E-state index contributed by atoms with van der Waals surface area (Å²) < 4.78 is 16.6. The fourth-order valence-corrected chi connectivity index (χ4v) is 6.89. The van der Waals surface area contributed by atoms with Gasteiger partial charge in [-0.1, -0.05) is 224 Å². The molecule has 0 aliphatic heterocycles. The van der Waals surface area contributed by atoms with E-state index in [1.54, 1.807) is 0 Å². The fraction of sp³-hybridized carbons (Fsp3) is 0.554. The maximum atomic E-state index is 12.8. The maximum Gasteiger partial charge on any atom is 0.306 e. The molecule has 0 fully saturated rings. The van der Waals surface area contributed by atoms with Crippen LogP contribution in [0.2, 0.25) is 0 Å². The zero-order valence-corrected chi connectivity index (χ0v) is 45.2. The van der Waals surface area contributed by atoms with Crippen LogP contribution in [0.4, 0.5) is 0 Å². The largest absolute Gasteiger partial charge is 0.462 e. The Kier molecular flexibility index (Phi) is 53.6. The van der Waals surface area contributed by atoms with Gasteiger partial charge in [-0.05, 0) is 128 Å². The van der Waals surface area contributed by atoms with Crippen molar-refractivity contribution in [2.24, 2.45) is 0 Å². The normalized spacial score (nSPS) is 13.3. The maximum absolute atomic E-state index is 12.8. The summed E-state index contributed by atoms with van der Waals surface area (Å²) in [6.07, 6.45) is 84.2. The molecule has 0 aromatic rings. The third kappa shape index (κ3) is 55.8. The van der Waals surface area contributed by atoms with Crippen LogP contribution in [-0.4, -0.2) is 37.2 Å². The molecular formula is C65H100O6. The van der Waals surface area contributed by atoms with Crippen molar-refractivity contribution < 1.29 is 28.6 Å². The Morgan fingerprint density at radius 2 is 0.549 bits per heavy atom. The zero-order chi connectivity index (χ0) is 51.4. The molecule has 0 aliphatic carbocycles. The number of hydrogen-bond donors (Lipinski definition) is 0. The third-order valence-corrected chi connectivity index (χ3v) is 11.0. The number of carbonyl (C=O) groups excluding carboxylic acids is 3. The van der Waals surface area contributed by atoms with Crippen molar-refractivity contribution in [1.29, 1.82) is 0 Å². The number of unbranched alkanes of at least 4 members (excludes halogenated alkanes) is 11. The predicted octanol–water partition coefficient (Wildman–Crippen LogP) is 19.0. The third-order valence-electron chi connectivity index (χ3n) is 11.0. The SMILES string of the molecule is CC/C=C\C/C=C\C/C=C\C/C=C\C/C=C\C/C=C\C/C=C\C/C=C\CCCCC(=O)OCC(COC(=O)CCCCCCC)OC(=O)CCCCCCC/C=C\C/C=C\C/C=C\C/C=C\C/C=C\CC. The second-order valence-electron chi connectivity index (χ2n) is 17.7. The molecule has 6 heteroatoms. The van der Waals surface area contributed by atoms with Crippen LogP contribution in [0.1, 0.15) is 213 Å². The smallest absolute Gasteiger partial charge is 0.306 e. The molecule has 0 bridgehead atoms. The Bertz CT molecular complexity index is 1640. The van der Waals surface area contributed by atoms with Gasteiger partial charge < -0.3 is 14.2 Å². The molecule has 71 heavy (non-hydrogen) atoms. The van der Waals surface area contributed by atoms with Crippen LogP contribution in [0, 0.1) is 0 Å². The number of esters is 3. The zero-order valence-electron chi connectivity index (χ0n) is 45.2. The molecule has 0 radical (unpaired) electrons. The van der Waals surface area contributed by atoms with Crippen LogP contribution in [-0.2, 0) is 28.6 Å². The molecule has 0 saturated heterocycles. The summed E-state index contributed by atoms with van der Waals surface area (Å²) in [7, 11) is 0. The summed E-state index contributed by atoms with van der Waals surface area (Å²) in [5.74, 6) is -0.998.